The maximum absolute atomic E-state index is 12.1. The van der Waals surface area contributed by atoms with E-state index in [9.17, 15) is 9.59 Å². The fourth-order valence-corrected chi connectivity index (χ4v) is 3.44. The Bertz CT molecular complexity index is 723. The number of aromatic nitrogens is 2. The van der Waals surface area contributed by atoms with Crippen LogP contribution in [0.3, 0.4) is 0 Å². The van der Waals surface area contributed by atoms with Crippen molar-refractivity contribution in [3.63, 3.8) is 0 Å². The van der Waals surface area contributed by atoms with Gasteiger partial charge in [-0.3, -0.25) is 4.79 Å². The van der Waals surface area contributed by atoms with Crippen LogP contribution in [0, 0.1) is 0 Å². The molecule has 1 N–H and O–H groups in total. The Morgan fingerprint density at radius 3 is 2.88 bits per heavy atom. The lowest BCUT2D eigenvalue weighted by Gasteiger charge is -2.31. The summed E-state index contributed by atoms with van der Waals surface area (Å²) in [7, 11) is 0. The molecule has 0 atom stereocenters. The lowest BCUT2D eigenvalue weighted by molar-refractivity contribution is -0.122. The first kappa shape index (κ1) is 18.4. The van der Waals surface area contributed by atoms with Gasteiger partial charge >= 0.3 is 6.09 Å². The second kappa shape index (κ2) is 8.79. The van der Waals surface area contributed by atoms with E-state index < -0.39 is 0 Å². The third kappa shape index (κ3) is 4.81. The molecule has 1 aliphatic rings. The van der Waals surface area contributed by atoms with Crippen molar-refractivity contribution in [2.45, 2.75) is 38.6 Å². The standard InChI is InChI=1S/C17H22N4O4S/c1-2-24-17(23)21-9-7-12(8-10-21)18-14(22)5-6-15-19-20-16(25-15)13-4-3-11-26-13/h3-4,11-12H,2,5-10H2,1H3,(H,18,22). The predicted molar refractivity (Wildman–Crippen MR) is 95.7 cm³/mol. The predicted octanol–water partition coefficient (Wildman–Crippen LogP) is 2.47. The summed E-state index contributed by atoms with van der Waals surface area (Å²) < 4.78 is 10.6. The summed E-state index contributed by atoms with van der Waals surface area (Å²) in [6.45, 7) is 3.35. The van der Waals surface area contributed by atoms with Gasteiger partial charge in [0.25, 0.3) is 5.89 Å². The number of ether oxygens (including phenoxy) is 1. The Kier molecular flexibility index (Phi) is 6.21. The smallest absolute Gasteiger partial charge is 0.409 e. The lowest BCUT2D eigenvalue weighted by Crippen LogP contribution is -2.46. The number of piperidine rings is 1. The molecule has 1 saturated heterocycles. The molecule has 3 heterocycles. The molecular formula is C17H22N4O4S. The number of thiophene rings is 1. The Morgan fingerprint density at radius 2 is 2.19 bits per heavy atom. The van der Waals surface area contributed by atoms with Crippen LogP contribution < -0.4 is 5.32 Å². The summed E-state index contributed by atoms with van der Waals surface area (Å²) in [5, 5.41) is 12.9. The lowest BCUT2D eigenvalue weighted by atomic mass is 10.1. The number of nitrogens with one attached hydrogen (secondary N) is 1. The van der Waals surface area contributed by atoms with Crippen LogP contribution in [-0.2, 0) is 16.0 Å². The molecule has 1 aliphatic heterocycles. The number of carbonyl (C=O) groups excluding carboxylic acids is 2. The van der Waals surface area contributed by atoms with Gasteiger partial charge in [-0.1, -0.05) is 6.07 Å². The molecule has 0 saturated carbocycles. The number of nitrogens with zero attached hydrogens (tertiary/aromatic N) is 3. The van der Waals surface area contributed by atoms with Crippen molar-refractivity contribution in [3.05, 3.63) is 23.4 Å². The van der Waals surface area contributed by atoms with Gasteiger partial charge in [0, 0.05) is 32.0 Å². The zero-order chi connectivity index (χ0) is 18.4. The summed E-state index contributed by atoms with van der Waals surface area (Å²) in [4.78, 5) is 26.4. The van der Waals surface area contributed by atoms with E-state index in [1.54, 1.807) is 11.8 Å². The fraction of sp³-hybridized carbons (Fsp3) is 0.529. The molecule has 0 aromatic carbocycles. The van der Waals surface area contributed by atoms with Gasteiger partial charge in [-0.15, -0.1) is 21.5 Å². The minimum absolute atomic E-state index is 0.0459. The number of amides is 2. The van der Waals surface area contributed by atoms with Crippen LogP contribution in [0.25, 0.3) is 10.8 Å². The number of hydrogen-bond donors (Lipinski definition) is 1. The summed E-state index contributed by atoms with van der Waals surface area (Å²) in [5.41, 5.74) is 0. The van der Waals surface area contributed by atoms with Crippen molar-refractivity contribution in [2.75, 3.05) is 19.7 Å². The maximum Gasteiger partial charge on any atom is 0.409 e. The van der Waals surface area contributed by atoms with Crippen molar-refractivity contribution in [3.8, 4) is 10.8 Å². The van der Waals surface area contributed by atoms with E-state index in [4.69, 9.17) is 9.15 Å². The molecule has 2 aromatic rings. The average Bonchev–Trinajstić information content (AvgIpc) is 3.32. The Hall–Kier alpha value is -2.42. The molecule has 0 radical (unpaired) electrons. The fourth-order valence-electron chi connectivity index (χ4n) is 2.80. The highest BCUT2D eigenvalue weighted by Crippen LogP contribution is 2.23. The highest BCUT2D eigenvalue weighted by atomic mass is 32.1. The zero-order valence-electron chi connectivity index (χ0n) is 14.6. The van der Waals surface area contributed by atoms with Gasteiger partial charge < -0.3 is 19.4 Å². The molecule has 1 fully saturated rings. The summed E-state index contributed by atoms with van der Waals surface area (Å²) in [6.07, 6.45) is 1.88. The van der Waals surface area contributed by atoms with Gasteiger partial charge in [0.2, 0.25) is 11.8 Å². The van der Waals surface area contributed by atoms with Crippen molar-refractivity contribution < 1.29 is 18.7 Å². The molecule has 2 aromatic heterocycles. The maximum atomic E-state index is 12.1. The number of aryl methyl sites for hydroxylation is 1. The molecule has 0 unspecified atom stereocenters. The van der Waals surface area contributed by atoms with Gasteiger partial charge in [-0.25, -0.2) is 4.79 Å². The normalized spacial score (nSPS) is 15.0. The molecule has 2 amide bonds. The first-order chi connectivity index (χ1) is 12.7. The largest absolute Gasteiger partial charge is 0.450 e. The van der Waals surface area contributed by atoms with E-state index in [0.717, 1.165) is 17.7 Å². The summed E-state index contributed by atoms with van der Waals surface area (Å²) >= 11 is 1.53. The highest BCUT2D eigenvalue weighted by Gasteiger charge is 2.24. The number of rotatable bonds is 6. The molecule has 3 rings (SSSR count). The molecule has 140 valence electrons. The molecular weight excluding hydrogens is 356 g/mol. The summed E-state index contributed by atoms with van der Waals surface area (Å²) in [5.74, 6) is 0.901. The van der Waals surface area contributed by atoms with Crippen LogP contribution in [0.4, 0.5) is 4.79 Å². The molecule has 9 heteroatoms. The minimum atomic E-state index is -0.282. The topological polar surface area (TPSA) is 97.6 Å². The molecule has 26 heavy (non-hydrogen) atoms. The van der Waals surface area contributed by atoms with Gasteiger partial charge in [0.15, 0.2) is 0 Å². The average molecular weight is 378 g/mol. The van der Waals surface area contributed by atoms with Gasteiger partial charge in [-0.05, 0) is 31.2 Å². The second-order valence-corrected chi connectivity index (χ2v) is 6.95. The first-order valence-corrected chi connectivity index (χ1v) is 9.61. The monoisotopic (exact) mass is 378 g/mol. The van der Waals surface area contributed by atoms with E-state index >= 15 is 0 Å². The Morgan fingerprint density at radius 1 is 1.38 bits per heavy atom. The van der Waals surface area contributed by atoms with Crippen LogP contribution in [0.15, 0.2) is 21.9 Å². The van der Waals surface area contributed by atoms with Gasteiger partial charge in [-0.2, -0.15) is 0 Å². The first-order valence-electron chi connectivity index (χ1n) is 8.73. The van der Waals surface area contributed by atoms with Crippen LogP contribution in [0.5, 0.6) is 0 Å². The van der Waals surface area contributed by atoms with E-state index in [0.29, 0.717) is 44.3 Å². The van der Waals surface area contributed by atoms with Crippen molar-refractivity contribution in [2.24, 2.45) is 0 Å². The van der Waals surface area contributed by atoms with Crippen molar-refractivity contribution in [1.29, 1.82) is 0 Å². The molecule has 8 nitrogen and oxygen atoms in total. The number of hydrogen-bond acceptors (Lipinski definition) is 7. The quantitative estimate of drug-likeness (QED) is 0.829. The molecule has 0 aliphatic carbocycles. The van der Waals surface area contributed by atoms with E-state index in [2.05, 4.69) is 15.5 Å². The highest BCUT2D eigenvalue weighted by molar-refractivity contribution is 7.13. The zero-order valence-corrected chi connectivity index (χ0v) is 15.5. The number of likely N-dealkylation sites (tertiary alicyclic amines) is 1. The summed E-state index contributed by atoms with van der Waals surface area (Å²) in [6, 6.07) is 3.92. The Balaban J connectivity index is 1.39. The van der Waals surface area contributed by atoms with Crippen LogP contribution in [0.1, 0.15) is 32.1 Å². The Labute approximate surface area is 155 Å². The van der Waals surface area contributed by atoms with Crippen LogP contribution in [-0.4, -0.2) is 52.8 Å². The molecule has 0 bridgehead atoms. The minimum Gasteiger partial charge on any atom is -0.450 e. The van der Waals surface area contributed by atoms with Crippen LogP contribution in [0.2, 0.25) is 0 Å². The van der Waals surface area contributed by atoms with E-state index in [1.807, 2.05) is 17.5 Å². The SMILES string of the molecule is CCOC(=O)N1CCC(NC(=O)CCc2nnc(-c3cccs3)o2)CC1. The van der Waals surface area contributed by atoms with Gasteiger partial charge in [0.05, 0.1) is 11.5 Å². The van der Waals surface area contributed by atoms with E-state index in [1.165, 1.54) is 11.3 Å². The van der Waals surface area contributed by atoms with Crippen molar-refractivity contribution >= 4 is 23.3 Å². The van der Waals surface area contributed by atoms with Crippen LogP contribution >= 0.6 is 11.3 Å². The van der Waals surface area contributed by atoms with Gasteiger partial charge in [0.1, 0.15) is 0 Å². The second-order valence-electron chi connectivity index (χ2n) is 6.01. The number of carbonyl (C=O) groups is 2. The third-order valence-electron chi connectivity index (χ3n) is 4.15. The molecule has 0 spiro atoms. The third-order valence-corrected chi connectivity index (χ3v) is 5.01. The van der Waals surface area contributed by atoms with E-state index in [-0.39, 0.29) is 18.0 Å². The van der Waals surface area contributed by atoms with Crippen molar-refractivity contribution in [1.82, 2.24) is 20.4 Å².